The second-order valence-corrected chi connectivity index (χ2v) is 6.61. The summed E-state index contributed by atoms with van der Waals surface area (Å²) in [5.74, 6) is -0.352. The number of hydrogen-bond donors (Lipinski definition) is 2. The topological polar surface area (TPSA) is 93.3 Å². The number of nitrogens with one attached hydrogen (secondary N) is 2. The number of ketones is 1. The Hall–Kier alpha value is -3.68. The summed E-state index contributed by atoms with van der Waals surface area (Å²) < 4.78 is 23.9. The van der Waals surface area contributed by atoms with Gasteiger partial charge in [0.15, 0.2) is 23.1 Å². The SMILES string of the molecule is COc1ccc(-c2[nH]nc3c2C(C(=O)c2ccc(F)cc2)CC(=O)N3)cc1OC. The lowest BCUT2D eigenvalue weighted by molar-refractivity contribution is -0.116. The minimum Gasteiger partial charge on any atom is -0.493 e. The maximum absolute atomic E-state index is 13.2. The summed E-state index contributed by atoms with van der Waals surface area (Å²) in [6.45, 7) is 0. The van der Waals surface area contributed by atoms with Gasteiger partial charge in [0, 0.05) is 23.1 Å². The van der Waals surface area contributed by atoms with Gasteiger partial charge in [-0.05, 0) is 42.5 Å². The summed E-state index contributed by atoms with van der Waals surface area (Å²) in [5.41, 5.74) is 2.24. The molecule has 0 saturated carbocycles. The van der Waals surface area contributed by atoms with E-state index >= 15 is 0 Å². The molecule has 1 aromatic heterocycles. The van der Waals surface area contributed by atoms with E-state index < -0.39 is 11.7 Å². The predicted octanol–water partition coefficient (Wildman–Crippen LogP) is 3.54. The summed E-state index contributed by atoms with van der Waals surface area (Å²) >= 11 is 0. The van der Waals surface area contributed by atoms with Crippen molar-refractivity contribution in [3.63, 3.8) is 0 Å². The molecule has 1 amide bonds. The molecular formula is C21H18FN3O4. The third-order valence-corrected chi connectivity index (χ3v) is 4.92. The van der Waals surface area contributed by atoms with Gasteiger partial charge in [0.2, 0.25) is 5.91 Å². The van der Waals surface area contributed by atoms with Crippen LogP contribution in [0.5, 0.6) is 11.5 Å². The Bertz CT molecular complexity index is 1090. The standard InChI is InChI=1S/C21H18FN3O4/c1-28-15-8-5-12(9-16(15)29-2)19-18-14(10-17(26)23-21(18)25-24-19)20(27)11-3-6-13(22)7-4-11/h3-9,14H,10H2,1-2H3,(H2,23,24,25,26). The van der Waals surface area contributed by atoms with Crippen LogP contribution in [-0.2, 0) is 4.79 Å². The summed E-state index contributed by atoms with van der Waals surface area (Å²) in [5, 5.41) is 9.79. The number of nitrogens with zero attached hydrogens (tertiary/aromatic N) is 1. The van der Waals surface area contributed by atoms with Crippen LogP contribution in [-0.4, -0.2) is 36.1 Å². The first-order valence-corrected chi connectivity index (χ1v) is 8.92. The largest absolute Gasteiger partial charge is 0.493 e. The molecular weight excluding hydrogens is 377 g/mol. The van der Waals surface area contributed by atoms with Gasteiger partial charge in [0.25, 0.3) is 0 Å². The minimum atomic E-state index is -0.744. The van der Waals surface area contributed by atoms with Crippen molar-refractivity contribution in [2.45, 2.75) is 12.3 Å². The Kier molecular flexibility index (Phi) is 4.75. The zero-order chi connectivity index (χ0) is 20.5. The van der Waals surface area contributed by atoms with Crippen molar-refractivity contribution in [2.24, 2.45) is 0 Å². The molecule has 7 nitrogen and oxygen atoms in total. The number of carbonyl (C=O) groups excluding carboxylic acids is 2. The lowest BCUT2D eigenvalue weighted by Crippen LogP contribution is -2.27. The number of H-pyrrole nitrogens is 1. The molecule has 2 heterocycles. The summed E-state index contributed by atoms with van der Waals surface area (Å²) in [4.78, 5) is 25.3. The van der Waals surface area contributed by atoms with Crippen molar-refractivity contribution in [3.8, 4) is 22.8 Å². The molecule has 0 spiro atoms. The van der Waals surface area contributed by atoms with Gasteiger partial charge in [0.05, 0.1) is 25.8 Å². The molecule has 3 aromatic rings. The molecule has 2 aromatic carbocycles. The number of benzene rings is 2. The maximum Gasteiger partial charge on any atom is 0.226 e. The molecule has 1 atom stereocenters. The Morgan fingerprint density at radius 3 is 2.52 bits per heavy atom. The maximum atomic E-state index is 13.2. The molecule has 0 saturated heterocycles. The van der Waals surface area contributed by atoms with Crippen molar-refractivity contribution in [2.75, 3.05) is 19.5 Å². The van der Waals surface area contributed by atoms with E-state index in [1.165, 1.54) is 31.4 Å². The number of anilines is 1. The number of Topliss-reactive ketones (excluding diaryl/α,β-unsaturated/α-hetero) is 1. The average Bonchev–Trinajstić information content (AvgIpc) is 3.16. The minimum absolute atomic E-state index is 0.0248. The first kappa shape index (κ1) is 18.7. The zero-order valence-corrected chi connectivity index (χ0v) is 15.8. The Balaban J connectivity index is 1.80. The molecule has 4 rings (SSSR count). The molecule has 0 radical (unpaired) electrons. The third kappa shape index (κ3) is 3.33. The van der Waals surface area contributed by atoms with E-state index in [9.17, 15) is 14.0 Å². The summed E-state index contributed by atoms with van der Waals surface area (Å²) in [6, 6.07) is 10.6. The second kappa shape index (κ2) is 7.38. The molecule has 2 N–H and O–H groups in total. The number of aromatic amines is 1. The summed E-state index contributed by atoms with van der Waals surface area (Å²) in [6.07, 6.45) is -0.0248. The average molecular weight is 395 g/mol. The Labute approximate surface area is 165 Å². The van der Waals surface area contributed by atoms with Crippen molar-refractivity contribution >= 4 is 17.5 Å². The number of ether oxygens (including phenoxy) is 2. The fourth-order valence-corrected chi connectivity index (χ4v) is 3.51. The predicted molar refractivity (Wildman–Crippen MR) is 104 cm³/mol. The normalized spacial score (nSPS) is 15.4. The van der Waals surface area contributed by atoms with Crippen LogP contribution in [0.3, 0.4) is 0 Å². The van der Waals surface area contributed by atoms with Gasteiger partial charge < -0.3 is 14.8 Å². The number of halogens is 1. The lowest BCUT2D eigenvalue weighted by atomic mass is 9.84. The molecule has 148 valence electrons. The molecule has 1 aliphatic heterocycles. The Morgan fingerprint density at radius 1 is 1.10 bits per heavy atom. The van der Waals surface area contributed by atoms with E-state index in [0.29, 0.717) is 34.1 Å². The first-order valence-electron chi connectivity index (χ1n) is 8.92. The monoisotopic (exact) mass is 395 g/mol. The van der Waals surface area contributed by atoms with Crippen LogP contribution >= 0.6 is 0 Å². The highest BCUT2D eigenvalue weighted by molar-refractivity contribution is 6.08. The second-order valence-electron chi connectivity index (χ2n) is 6.61. The van der Waals surface area contributed by atoms with E-state index in [1.807, 2.05) is 6.07 Å². The molecule has 1 aliphatic rings. The first-order chi connectivity index (χ1) is 14.0. The molecule has 1 unspecified atom stereocenters. The number of amides is 1. The van der Waals surface area contributed by atoms with Crippen LogP contribution in [0, 0.1) is 5.82 Å². The van der Waals surface area contributed by atoms with Gasteiger partial charge in [-0.1, -0.05) is 0 Å². The summed E-state index contributed by atoms with van der Waals surface area (Å²) in [7, 11) is 3.08. The van der Waals surface area contributed by atoms with Crippen LogP contribution in [0.2, 0.25) is 0 Å². The lowest BCUT2D eigenvalue weighted by Gasteiger charge is -2.22. The molecule has 8 heteroatoms. The van der Waals surface area contributed by atoms with E-state index in [0.717, 1.165) is 5.56 Å². The van der Waals surface area contributed by atoms with Crippen LogP contribution < -0.4 is 14.8 Å². The smallest absolute Gasteiger partial charge is 0.226 e. The van der Waals surface area contributed by atoms with Crippen molar-refractivity contribution in [1.29, 1.82) is 0 Å². The van der Waals surface area contributed by atoms with Gasteiger partial charge in [-0.2, -0.15) is 5.10 Å². The number of hydrogen-bond acceptors (Lipinski definition) is 5. The fraction of sp³-hybridized carbons (Fsp3) is 0.190. The van der Waals surface area contributed by atoms with E-state index in [2.05, 4.69) is 15.5 Å². The zero-order valence-electron chi connectivity index (χ0n) is 15.8. The number of carbonyl (C=O) groups is 2. The number of fused-ring (bicyclic) bond motifs is 1. The van der Waals surface area contributed by atoms with Crippen molar-refractivity contribution < 1.29 is 23.5 Å². The molecule has 0 aliphatic carbocycles. The molecule has 29 heavy (non-hydrogen) atoms. The van der Waals surface area contributed by atoms with Gasteiger partial charge in [-0.25, -0.2) is 4.39 Å². The highest BCUT2D eigenvalue weighted by Crippen LogP contribution is 2.41. The molecule has 0 bridgehead atoms. The van der Waals surface area contributed by atoms with Crippen LogP contribution in [0.15, 0.2) is 42.5 Å². The highest BCUT2D eigenvalue weighted by Gasteiger charge is 2.36. The van der Waals surface area contributed by atoms with Crippen molar-refractivity contribution in [1.82, 2.24) is 10.2 Å². The number of rotatable bonds is 5. The van der Waals surface area contributed by atoms with E-state index in [4.69, 9.17) is 9.47 Å². The highest BCUT2D eigenvalue weighted by atomic mass is 19.1. The van der Waals surface area contributed by atoms with Gasteiger partial charge in [-0.15, -0.1) is 0 Å². The van der Waals surface area contributed by atoms with Gasteiger partial charge in [-0.3, -0.25) is 14.7 Å². The van der Waals surface area contributed by atoms with Gasteiger partial charge >= 0.3 is 0 Å². The van der Waals surface area contributed by atoms with Crippen LogP contribution in [0.4, 0.5) is 10.2 Å². The molecule has 0 fully saturated rings. The van der Waals surface area contributed by atoms with E-state index in [-0.39, 0.29) is 18.1 Å². The van der Waals surface area contributed by atoms with Crippen LogP contribution in [0.25, 0.3) is 11.3 Å². The van der Waals surface area contributed by atoms with E-state index in [1.54, 1.807) is 19.2 Å². The fourth-order valence-electron chi connectivity index (χ4n) is 3.51. The van der Waals surface area contributed by atoms with Crippen molar-refractivity contribution in [3.05, 3.63) is 59.4 Å². The van der Waals surface area contributed by atoms with Crippen LogP contribution in [0.1, 0.15) is 28.3 Å². The van der Waals surface area contributed by atoms with Gasteiger partial charge in [0.1, 0.15) is 5.82 Å². The number of methoxy groups -OCH3 is 2. The third-order valence-electron chi connectivity index (χ3n) is 4.92. The number of aromatic nitrogens is 2. The Morgan fingerprint density at radius 2 is 1.83 bits per heavy atom. The quantitative estimate of drug-likeness (QED) is 0.645.